The number of anilines is 1. The lowest BCUT2D eigenvalue weighted by Gasteiger charge is -2.03. The summed E-state index contributed by atoms with van der Waals surface area (Å²) in [5.41, 5.74) is 0.299. The second-order valence-corrected chi connectivity index (χ2v) is 5.31. The molecule has 0 unspecified atom stereocenters. The van der Waals surface area contributed by atoms with Gasteiger partial charge in [-0.15, -0.1) is 11.3 Å². The van der Waals surface area contributed by atoms with Crippen LogP contribution >= 0.6 is 11.3 Å². The SMILES string of the molecule is COC(=O)c1nc(NCC(=O)NC2CC2)sc1C. The molecule has 1 heterocycles. The van der Waals surface area contributed by atoms with Crippen molar-refractivity contribution >= 4 is 28.3 Å². The third-order valence-electron chi connectivity index (χ3n) is 2.52. The lowest BCUT2D eigenvalue weighted by molar-refractivity contribution is -0.119. The number of hydrogen-bond donors (Lipinski definition) is 2. The molecule has 18 heavy (non-hydrogen) atoms. The first-order chi connectivity index (χ1) is 8.60. The first-order valence-corrected chi connectivity index (χ1v) is 6.50. The van der Waals surface area contributed by atoms with Gasteiger partial charge in [0.05, 0.1) is 13.7 Å². The monoisotopic (exact) mass is 269 g/mol. The highest BCUT2D eigenvalue weighted by Gasteiger charge is 2.23. The summed E-state index contributed by atoms with van der Waals surface area (Å²) in [5, 5.41) is 6.32. The molecule has 1 saturated carbocycles. The average Bonchev–Trinajstić information content (AvgIpc) is 3.07. The summed E-state index contributed by atoms with van der Waals surface area (Å²) in [6, 6.07) is 0.350. The Bertz CT molecular complexity index is 468. The zero-order valence-electron chi connectivity index (χ0n) is 10.3. The van der Waals surface area contributed by atoms with Crippen molar-refractivity contribution in [1.82, 2.24) is 10.3 Å². The van der Waals surface area contributed by atoms with E-state index in [1.165, 1.54) is 18.4 Å². The Balaban J connectivity index is 1.88. The molecule has 2 rings (SSSR count). The van der Waals surface area contributed by atoms with Crippen molar-refractivity contribution in [2.24, 2.45) is 0 Å². The van der Waals surface area contributed by atoms with E-state index in [0.717, 1.165) is 17.7 Å². The highest BCUT2D eigenvalue weighted by molar-refractivity contribution is 7.15. The van der Waals surface area contributed by atoms with Crippen LogP contribution in [0.25, 0.3) is 0 Å². The minimum atomic E-state index is -0.459. The molecule has 0 saturated heterocycles. The van der Waals surface area contributed by atoms with Crippen molar-refractivity contribution in [3.8, 4) is 0 Å². The Kier molecular flexibility index (Phi) is 3.81. The van der Waals surface area contributed by atoms with Crippen molar-refractivity contribution in [3.63, 3.8) is 0 Å². The predicted octanol–water partition coefficient (Wildman–Crippen LogP) is 0.929. The average molecular weight is 269 g/mol. The molecule has 0 radical (unpaired) electrons. The lowest BCUT2D eigenvalue weighted by Crippen LogP contribution is -2.31. The first-order valence-electron chi connectivity index (χ1n) is 5.69. The highest BCUT2D eigenvalue weighted by atomic mass is 32.1. The summed E-state index contributed by atoms with van der Waals surface area (Å²) in [6.07, 6.45) is 2.13. The molecule has 98 valence electrons. The number of thiazole rings is 1. The molecule has 1 aliphatic rings. The van der Waals surface area contributed by atoms with Crippen molar-refractivity contribution in [1.29, 1.82) is 0 Å². The third kappa shape index (κ3) is 3.19. The van der Waals surface area contributed by atoms with Gasteiger partial charge in [0.1, 0.15) is 0 Å². The number of nitrogens with zero attached hydrogens (tertiary/aromatic N) is 1. The molecule has 1 aromatic heterocycles. The molecule has 0 aliphatic heterocycles. The lowest BCUT2D eigenvalue weighted by atomic mass is 10.4. The number of ether oxygens (including phenoxy) is 1. The molecule has 1 fully saturated rings. The minimum Gasteiger partial charge on any atom is -0.464 e. The topological polar surface area (TPSA) is 80.3 Å². The van der Waals surface area contributed by atoms with Gasteiger partial charge in [-0.25, -0.2) is 9.78 Å². The van der Waals surface area contributed by atoms with Gasteiger partial charge in [-0.1, -0.05) is 0 Å². The fourth-order valence-corrected chi connectivity index (χ4v) is 2.22. The molecule has 7 heteroatoms. The van der Waals surface area contributed by atoms with Gasteiger partial charge in [0, 0.05) is 10.9 Å². The van der Waals surface area contributed by atoms with Crippen LogP contribution in [0, 0.1) is 6.92 Å². The van der Waals surface area contributed by atoms with Crippen molar-refractivity contribution < 1.29 is 14.3 Å². The molecule has 0 spiro atoms. The van der Waals surface area contributed by atoms with E-state index in [2.05, 4.69) is 20.4 Å². The fraction of sp³-hybridized carbons (Fsp3) is 0.545. The van der Waals surface area contributed by atoms with Crippen LogP contribution in [0.1, 0.15) is 28.2 Å². The normalized spacial score (nSPS) is 14.1. The number of aromatic nitrogens is 1. The van der Waals surface area contributed by atoms with Gasteiger partial charge >= 0.3 is 5.97 Å². The standard InChI is InChI=1S/C11H15N3O3S/c1-6-9(10(16)17-2)14-11(18-6)12-5-8(15)13-7-3-4-7/h7H,3-5H2,1-2H3,(H,12,14)(H,13,15). The molecule has 0 atom stereocenters. The van der Waals surface area contributed by atoms with Gasteiger partial charge in [-0.3, -0.25) is 4.79 Å². The number of rotatable bonds is 5. The summed E-state index contributed by atoms with van der Waals surface area (Å²) < 4.78 is 4.62. The molecule has 6 nitrogen and oxygen atoms in total. The zero-order valence-corrected chi connectivity index (χ0v) is 11.1. The van der Waals surface area contributed by atoms with Crippen LogP contribution in [0.2, 0.25) is 0 Å². The molecule has 2 N–H and O–H groups in total. The Hall–Kier alpha value is -1.63. The maximum atomic E-state index is 11.5. The van der Waals surface area contributed by atoms with E-state index >= 15 is 0 Å². The number of aryl methyl sites for hydroxylation is 1. The number of methoxy groups -OCH3 is 1. The molecular formula is C11H15N3O3S. The van der Waals surface area contributed by atoms with E-state index in [1.807, 2.05) is 0 Å². The Morgan fingerprint density at radius 2 is 2.22 bits per heavy atom. The summed E-state index contributed by atoms with van der Waals surface area (Å²) >= 11 is 1.33. The van der Waals surface area contributed by atoms with Crippen LogP contribution in [0.5, 0.6) is 0 Å². The largest absolute Gasteiger partial charge is 0.464 e. The van der Waals surface area contributed by atoms with E-state index in [1.54, 1.807) is 6.92 Å². The number of hydrogen-bond acceptors (Lipinski definition) is 6. The molecule has 0 aromatic carbocycles. The number of amides is 1. The summed E-state index contributed by atoms with van der Waals surface area (Å²) in [4.78, 5) is 27.7. The maximum absolute atomic E-state index is 11.5. The fourth-order valence-electron chi connectivity index (χ4n) is 1.42. The second-order valence-electron chi connectivity index (χ2n) is 4.11. The quantitative estimate of drug-likeness (QED) is 0.777. The Labute approximate surface area is 109 Å². The van der Waals surface area contributed by atoms with Crippen LogP contribution < -0.4 is 10.6 Å². The molecule has 1 aromatic rings. The maximum Gasteiger partial charge on any atom is 0.357 e. The van der Waals surface area contributed by atoms with Crippen LogP contribution in [-0.2, 0) is 9.53 Å². The Morgan fingerprint density at radius 1 is 1.50 bits per heavy atom. The van der Waals surface area contributed by atoms with Crippen molar-refractivity contribution in [2.45, 2.75) is 25.8 Å². The highest BCUT2D eigenvalue weighted by Crippen LogP contribution is 2.22. The van der Waals surface area contributed by atoms with E-state index < -0.39 is 5.97 Å². The minimum absolute atomic E-state index is 0.0510. The van der Waals surface area contributed by atoms with E-state index in [-0.39, 0.29) is 12.5 Å². The summed E-state index contributed by atoms with van der Waals surface area (Å²) in [6.45, 7) is 1.96. The van der Waals surface area contributed by atoms with Gasteiger partial charge < -0.3 is 15.4 Å². The zero-order chi connectivity index (χ0) is 13.1. The number of carbonyl (C=O) groups excluding carboxylic acids is 2. The number of nitrogens with one attached hydrogen (secondary N) is 2. The summed E-state index contributed by atoms with van der Waals surface area (Å²) in [5.74, 6) is -0.510. The van der Waals surface area contributed by atoms with E-state index in [0.29, 0.717) is 16.9 Å². The second kappa shape index (κ2) is 5.34. The van der Waals surface area contributed by atoms with Crippen LogP contribution in [0.15, 0.2) is 0 Å². The predicted molar refractivity (Wildman–Crippen MR) is 67.8 cm³/mol. The third-order valence-corrected chi connectivity index (χ3v) is 3.45. The molecule has 1 amide bonds. The van der Waals surface area contributed by atoms with Crippen molar-refractivity contribution in [2.75, 3.05) is 19.0 Å². The summed E-state index contributed by atoms with van der Waals surface area (Å²) in [7, 11) is 1.32. The number of carbonyl (C=O) groups is 2. The van der Waals surface area contributed by atoms with E-state index in [9.17, 15) is 9.59 Å². The van der Waals surface area contributed by atoms with Gasteiger partial charge in [0.15, 0.2) is 10.8 Å². The molecular weight excluding hydrogens is 254 g/mol. The first kappa shape index (κ1) is 12.8. The molecule has 0 bridgehead atoms. The van der Waals surface area contributed by atoms with Crippen LogP contribution in [-0.4, -0.2) is 36.6 Å². The van der Waals surface area contributed by atoms with Gasteiger partial charge in [-0.2, -0.15) is 0 Å². The Morgan fingerprint density at radius 3 is 2.83 bits per heavy atom. The number of esters is 1. The van der Waals surface area contributed by atoms with E-state index in [4.69, 9.17) is 0 Å². The van der Waals surface area contributed by atoms with Gasteiger partial charge in [0.2, 0.25) is 5.91 Å². The van der Waals surface area contributed by atoms with Crippen LogP contribution in [0.4, 0.5) is 5.13 Å². The van der Waals surface area contributed by atoms with Gasteiger partial charge in [0.25, 0.3) is 0 Å². The van der Waals surface area contributed by atoms with Crippen LogP contribution in [0.3, 0.4) is 0 Å². The van der Waals surface area contributed by atoms with Crippen molar-refractivity contribution in [3.05, 3.63) is 10.6 Å². The smallest absolute Gasteiger partial charge is 0.357 e. The van der Waals surface area contributed by atoms with Gasteiger partial charge in [-0.05, 0) is 19.8 Å². The molecule has 1 aliphatic carbocycles.